The van der Waals surface area contributed by atoms with Gasteiger partial charge in [0, 0.05) is 26.2 Å². The predicted octanol–water partition coefficient (Wildman–Crippen LogP) is -0.151. The van der Waals surface area contributed by atoms with Crippen LogP contribution in [0.25, 0.3) is 0 Å². The lowest BCUT2D eigenvalue weighted by atomic mass is 10.2. The third kappa shape index (κ3) is 4.88. The molecular formula is C17H23FN2O6S2. The molecule has 8 nitrogen and oxygen atoms in total. The largest absolute Gasteiger partial charge is 0.379 e. The van der Waals surface area contributed by atoms with Crippen molar-refractivity contribution in [2.45, 2.75) is 16.6 Å². The van der Waals surface area contributed by atoms with E-state index in [1.54, 1.807) is 0 Å². The maximum atomic E-state index is 14.1. The second-order valence-electron chi connectivity index (χ2n) is 6.92. The van der Waals surface area contributed by atoms with Crippen molar-refractivity contribution >= 4 is 25.6 Å². The van der Waals surface area contributed by atoms with Gasteiger partial charge in [-0.05, 0) is 24.6 Å². The van der Waals surface area contributed by atoms with Crippen LogP contribution < -0.4 is 5.32 Å². The van der Waals surface area contributed by atoms with Gasteiger partial charge in [0.05, 0.1) is 40.4 Å². The molecule has 0 unspecified atom stereocenters. The third-order valence-electron chi connectivity index (χ3n) is 4.96. The smallest absolute Gasteiger partial charge is 0.254 e. The quantitative estimate of drug-likeness (QED) is 0.620. The van der Waals surface area contributed by atoms with E-state index in [0.717, 1.165) is 31.3 Å². The number of rotatable bonds is 6. The van der Waals surface area contributed by atoms with Crippen molar-refractivity contribution in [3.05, 3.63) is 29.6 Å². The second kappa shape index (κ2) is 8.44. The summed E-state index contributed by atoms with van der Waals surface area (Å²) in [6.07, 6.45) is 0.00310. The topological polar surface area (TPSA) is 110 Å². The Kier molecular flexibility index (Phi) is 6.37. The summed E-state index contributed by atoms with van der Waals surface area (Å²) >= 11 is 0. The molecule has 2 heterocycles. The van der Waals surface area contributed by atoms with Crippen molar-refractivity contribution in [2.24, 2.45) is 0 Å². The lowest BCUT2D eigenvalue weighted by molar-refractivity contribution is 0.0383. The van der Waals surface area contributed by atoms with Gasteiger partial charge in [-0.25, -0.2) is 21.2 Å². The molecule has 0 aromatic heterocycles. The molecule has 1 N–H and O–H groups in total. The predicted molar refractivity (Wildman–Crippen MR) is 100 cm³/mol. The number of sulfone groups is 2. The van der Waals surface area contributed by atoms with Crippen molar-refractivity contribution in [3.63, 3.8) is 0 Å². The van der Waals surface area contributed by atoms with E-state index in [2.05, 4.69) is 10.2 Å². The van der Waals surface area contributed by atoms with Gasteiger partial charge in [0.15, 0.2) is 19.7 Å². The molecule has 11 heteroatoms. The molecule has 3 rings (SSSR count). The minimum atomic E-state index is -3.97. The first kappa shape index (κ1) is 21.2. The Morgan fingerprint density at radius 3 is 2.64 bits per heavy atom. The highest BCUT2D eigenvalue weighted by molar-refractivity contribution is 7.96. The Bertz CT molecular complexity index is 942. The van der Waals surface area contributed by atoms with Gasteiger partial charge in [-0.15, -0.1) is 0 Å². The number of benzene rings is 1. The molecular weight excluding hydrogens is 411 g/mol. The number of hydrogen-bond acceptors (Lipinski definition) is 7. The fraction of sp³-hybridized carbons (Fsp3) is 0.588. The van der Waals surface area contributed by atoms with Crippen molar-refractivity contribution < 1.29 is 30.8 Å². The summed E-state index contributed by atoms with van der Waals surface area (Å²) in [5.74, 6) is -2.18. The zero-order valence-electron chi connectivity index (χ0n) is 15.3. The number of amides is 1. The molecule has 0 aliphatic carbocycles. The van der Waals surface area contributed by atoms with E-state index in [9.17, 15) is 26.0 Å². The normalized spacial score (nSPS) is 22.8. The van der Waals surface area contributed by atoms with Gasteiger partial charge in [-0.2, -0.15) is 0 Å². The molecule has 0 spiro atoms. The van der Waals surface area contributed by atoms with Crippen LogP contribution in [0.15, 0.2) is 23.1 Å². The lowest BCUT2D eigenvalue weighted by Crippen LogP contribution is -2.41. The van der Waals surface area contributed by atoms with Crippen molar-refractivity contribution in [1.29, 1.82) is 0 Å². The van der Waals surface area contributed by atoms with Gasteiger partial charge in [-0.3, -0.25) is 9.69 Å². The number of hydrogen-bond donors (Lipinski definition) is 1. The molecule has 1 atom stereocenters. The standard InChI is InChI=1S/C17H23FN2O6S2/c18-16-2-1-13(28(24,25)14-3-10-27(22,23)12-14)11-15(16)17(21)19-4-5-20-6-8-26-9-7-20/h1-2,11,14H,3-10,12H2,(H,19,21)/t14-/m1/s1. The Morgan fingerprint density at radius 1 is 1.29 bits per heavy atom. The molecule has 156 valence electrons. The number of halogens is 1. The van der Waals surface area contributed by atoms with Crippen LogP contribution in [-0.4, -0.2) is 83.8 Å². The fourth-order valence-electron chi connectivity index (χ4n) is 3.30. The van der Waals surface area contributed by atoms with Gasteiger partial charge in [-0.1, -0.05) is 0 Å². The Balaban J connectivity index is 1.69. The van der Waals surface area contributed by atoms with Crippen LogP contribution in [0, 0.1) is 5.82 Å². The molecule has 0 bridgehead atoms. The average Bonchev–Trinajstić information content (AvgIpc) is 3.03. The number of morpholine rings is 1. The van der Waals surface area contributed by atoms with Gasteiger partial charge in [0.1, 0.15) is 5.82 Å². The molecule has 2 saturated heterocycles. The van der Waals surface area contributed by atoms with Gasteiger partial charge in [0.25, 0.3) is 5.91 Å². The molecule has 1 aromatic rings. The van der Waals surface area contributed by atoms with E-state index in [4.69, 9.17) is 4.74 Å². The Labute approximate surface area is 163 Å². The molecule has 2 aliphatic heterocycles. The molecule has 2 aliphatic rings. The zero-order chi connectivity index (χ0) is 20.4. The molecule has 1 amide bonds. The fourth-order valence-corrected chi connectivity index (χ4v) is 7.69. The van der Waals surface area contributed by atoms with Gasteiger partial charge < -0.3 is 10.1 Å². The first-order valence-corrected chi connectivity index (χ1v) is 12.4. The highest BCUT2D eigenvalue weighted by Gasteiger charge is 2.38. The summed E-state index contributed by atoms with van der Waals surface area (Å²) in [5.41, 5.74) is -0.371. The monoisotopic (exact) mass is 434 g/mol. The van der Waals surface area contributed by atoms with E-state index >= 15 is 0 Å². The number of nitrogens with zero attached hydrogens (tertiary/aromatic N) is 1. The van der Waals surface area contributed by atoms with Crippen molar-refractivity contribution in [2.75, 3.05) is 50.9 Å². The highest BCUT2D eigenvalue weighted by Crippen LogP contribution is 2.26. The van der Waals surface area contributed by atoms with Crippen LogP contribution in [0.2, 0.25) is 0 Å². The average molecular weight is 435 g/mol. The van der Waals surface area contributed by atoms with Crippen LogP contribution >= 0.6 is 0 Å². The summed E-state index contributed by atoms with van der Waals surface area (Å²) in [6.45, 7) is 3.62. The Hall–Kier alpha value is -1.56. The molecule has 1 aromatic carbocycles. The molecule has 28 heavy (non-hydrogen) atoms. The van der Waals surface area contributed by atoms with Crippen molar-refractivity contribution in [3.8, 4) is 0 Å². The van der Waals surface area contributed by atoms with E-state index < -0.39 is 42.4 Å². The lowest BCUT2D eigenvalue weighted by Gasteiger charge is -2.26. The molecule has 2 fully saturated rings. The van der Waals surface area contributed by atoms with E-state index in [0.29, 0.717) is 19.8 Å². The summed E-state index contributed by atoms with van der Waals surface area (Å²) in [7, 11) is -7.36. The Morgan fingerprint density at radius 2 is 2.00 bits per heavy atom. The SMILES string of the molecule is O=C(NCCN1CCOCC1)c1cc(S(=O)(=O)[C@@H]2CCS(=O)(=O)C2)ccc1F. The van der Waals surface area contributed by atoms with Crippen LogP contribution in [0.4, 0.5) is 4.39 Å². The minimum absolute atomic E-state index is 0.00310. The maximum Gasteiger partial charge on any atom is 0.254 e. The number of ether oxygens (including phenoxy) is 1. The summed E-state index contributed by atoms with van der Waals surface area (Å²) in [6, 6.07) is 2.98. The van der Waals surface area contributed by atoms with Gasteiger partial charge in [0.2, 0.25) is 0 Å². The third-order valence-corrected chi connectivity index (χ3v) is 9.13. The summed E-state index contributed by atoms with van der Waals surface area (Å²) < 4.78 is 67.9. The van der Waals surface area contributed by atoms with Crippen molar-refractivity contribution in [1.82, 2.24) is 10.2 Å². The highest BCUT2D eigenvalue weighted by atomic mass is 32.2. The zero-order valence-corrected chi connectivity index (χ0v) is 16.9. The van der Waals surface area contributed by atoms with Crippen LogP contribution in [0.1, 0.15) is 16.8 Å². The minimum Gasteiger partial charge on any atom is -0.379 e. The van der Waals surface area contributed by atoms with E-state index in [1.807, 2.05) is 0 Å². The van der Waals surface area contributed by atoms with Crippen LogP contribution in [0.5, 0.6) is 0 Å². The van der Waals surface area contributed by atoms with E-state index in [-0.39, 0.29) is 29.2 Å². The number of carbonyl (C=O) groups excluding carboxylic acids is 1. The number of nitrogens with one attached hydrogen (secondary N) is 1. The van der Waals surface area contributed by atoms with Crippen LogP contribution in [0.3, 0.4) is 0 Å². The molecule has 0 saturated carbocycles. The van der Waals surface area contributed by atoms with E-state index in [1.165, 1.54) is 0 Å². The summed E-state index contributed by atoms with van der Waals surface area (Å²) in [5, 5.41) is 1.53. The second-order valence-corrected chi connectivity index (χ2v) is 11.4. The first-order chi connectivity index (χ1) is 13.2. The van der Waals surface area contributed by atoms with Crippen LogP contribution in [-0.2, 0) is 24.4 Å². The number of carbonyl (C=O) groups is 1. The maximum absolute atomic E-state index is 14.1. The van der Waals surface area contributed by atoms with Gasteiger partial charge >= 0.3 is 0 Å². The first-order valence-electron chi connectivity index (χ1n) is 9.01. The summed E-state index contributed by atoms with van der Waals surface area (Å²) in [4.78, 5) is 14.2. The molecule has 0 radical (unpaired) electrons.